The van der Waals surface area contributed by atoms with Gasteiger partial charge in [-0.2, -0.15) is 0 Å². The molecule has 0 atom stereocenters. The molecule has 0 aliphatic heterocycles. The Hall–Kier alpha value is -2.50. The lowest BCUT2D eigenvalue weighted by Crippen LogP contribution is -2.17. The molecule has 2 rings (SSSR count). The van der Waals surface area contributed by atoms with E-state index in [-0.39, 0.29) is 17.7 Å². The fourth-order valence-corrected chi connectivity index (χ4v) is 2.82. The Bertz CT molecular complexity index is 880. The Labute approximate surface area is 168 Å². The summed E-state index contributed by atoms with van der Waals surface area (Å²) in [5, 5.41) is 6.32. The smallest absolute Gasteiger partial charge is 0.248 e. The van der Waals surface area contributed by atoms with Crippen LogP contribution in [0.1, 0.15) is 19.4 Å². The zero-order valence-corrected chi connectivity index (χ0v) is 16.7. The van der Waals surface area contributed by atoms with Crippen molar-refractivity contribution < 1.29 is 14.3 Å². The minimum absolute atomic E-state index is 0.0942. The fraction of sp³-hybridized carbons (Fsp3) is 0.200. The van der Waals surface area contributed by atoms with Crippen LogP contribution in [0.3, 0.4) is 0 Å². The highest BCUT2D eigenvalue weighted by molar-refractivity contribution is 6.36. The van der Waals surface area contributed by atoms with Gasteiger partial charge < -0.3 is 15.4 Å². The van der Waals surface area contributed by atoms with Crippen LogP contribution in [0.5, 0.6) is 5.75 Å². The maximum absolute atomic E-state index is 12.2. The second-order valence-electron chi connectivity index (χ2n) is 6.06. The lowest BCUT2D eigenvalue weighted by Gasteiger charge is -2.10. The van der Waals surface area contributed by atoms with Crippen LogP contribution >= 0.6 is 23.2 Å². The van der Waals surface area contributed by atoms with Crippen LogP contribution < -0.4 is 15.4 Å². The zero-order chi connectivity index (χ0) is 20.0. The van der Waals surface area contributed by atoms with Gasteiger partial charge in [0.15, 0.2) is 0 Å². The molecule has 2 aromatic carbocycles. The molecule has 0 saturated carbocycles. The van der Waals surface area contributed by atoms with Gasteiger partial charge in [0.1, 0.15) is 5.75 Å². The minimum Gasteiger partial charge on any atom is -0.495 e. The Morgan fingerprint density at radius 1 is 1.07 bits per heavy atom. The van der Waals surface area contributed by atoms with Gasteiger partial charge in [0.25, 0.3) is 0 Å². The average Bonchev–Trinajstić information content (AvgIpc) is 2.59. The van der Waals surface area contributed by atoms with Crippen molar-refractivity contribution >= 4 is 52.5 Å². The summed E-state index contributed by atoms with van der Waals surface area (Å²) in [7, 11) is 1.49. The van der Waals surface area contributed by atoms with Gasteiger partial charge in [0.2, 0.25) is 11.8 Å². The summed E-state index contributed by atoms with van der Waals surface area (Å²) >= 11 is 12.1. The molecule has 0 spiro atoms. The van der Waals surface area contributed by atoms with E-state index in [0.29, 0.717) is 32.7 Å². The monoisotopic (exact) mass is 406 g/mol. The molecule has 0 radical (unpaired) electrons. The molecule has 2 amide bonds. The van der Waals surface area contributed by atoms with Crippen LogP contribution in [-0.4, -0.2) is 18.9 Å². The van der Waals surface area contributed by atoms with Crippen molar-refractivity contribution in [3.05, 3.63) is 58.1 Å². The van der Waals surface area contributed by atoms with Crippen molar-refractivity contribution in [3.8, 4) is 5.75 Å². The number of hydrogen-bond acceptors (Lipinski definition) is 3. The van der Waals surface area contributed by atoms with E-state index in [1.165, 1.54) is 13.2 Å². The summed E-state index contributed by atoms with van der Waals surface area (Å²) in [4.78, 5) is 24.0. The van der Waals surface area contributed by atoms with Crippen molar-refractivity contribution in [3.63, 3.8) is 0 Å². The predicted octanol–water partition coefficient (Wildman–Crippen LogP) is 5.25. The summed E-state index contributed by atoms with van der Waals surface area (Å²) in [6, 6.07) is 10.1. The van der Waals surface area contributed by atoms with Crippen LogP contribution in [-0.2, 0) is 9.59 Å². The van der Waals surface area contributed by atoms with E-state index < -0.39 is 0 Å². The van der Waals surface area contributed by atoms with Gasteiger partial charge in [-0.25, -0.2) is 0 Å². The van der Waals surface area contributed by atoms with Crippen molar-refractivity contribution in [1.29, 1.82) is 0 Å². The molecular formula is C20H20Cl2N2O3. The van der Waals surface area contributed by atoms with E-state index in [9.17, 15) is 9.59 Å². The molecule has 0 bridgehead atoms. The summed E-state index contributed by atoms with van der Waals surface area (Å²) in [5.41, 5.74) is 1.75. The number of anilines is 2. The molecule has 0 aliphatic carbocycles. The van der Waals surface area contributed by atoms with Crippen LogP contribution in [0, 0.1) is 5.92 Å². The van der Waals surface area contributed by atoms with Gasteiger partial charge in [0.05, 0.1) is 12.1 Å². The second kappa shape index (κ2) is 9.44. The normalized spacial score (nSPS) is 10.9. The van der Waals surface area contributed by atoms with Crippen LogP contribution in [0.25, 0.3) is 6.08 Å². The third-order valence-corrected chi connectivity index (χ3v) is 4.08. The molecule has 0 saturated heterocycles. The fourth-order valence-electron chi connectivity index (χ4n) is 2.23. The minimum atomic E-state index is -0.347. The van der Waals surface area contributed by atoms with E-state index in [4.69, 9.17) is 27.9 Å². The zero-order valence-electron chi connectivity index (χ0n) is 15.2. The van der Waals surface area contributed by atoms with E-state index in [1.807, 2.05) is 13.8 Å². The lowest BCUT2D eigenvalue weighted by molar-refractivity contribution is -0.119. The molecule has 142 valence electrons. The molecule has 0 aromatic heterocycles. The second-order valence-corrected chi connectivity index (χ2v) is 6.90. The summed E-state index contributed by atoms with van der Waals surface area (Å²) < 4.78 is 5.24. The Balaban J connectivity index is 2.10. The number of carbonyl (C=O) groups excluding carboxylic acids is 2. The van der Waals surface area contributed by atoms with Gasteiger partial charge in [-0.3, -0.25) is 9.59 Å². The number of ether oxygens (including phenoxy) is 1. The predicted molar refractivity (Wildman–Crippen MR) is 111 cm³/mol. The molecule has 27 heavy (non-hydrogen) atoms. The first kappa shape index (κ1) is 20.8. The van der Waals surface area contributed by atoms with Crippen molar-refractivity contribution in [1.82, 2.24) is 0 Å². The van der Waals surface area contributed by atoms with Gasteiger partial charge in [-0.15, -0.1) is 0 Å². The third kappa shape index (κ3) is 6.01. The molecule has 2 N–H and O–H groups in total. The van der Waals surface area contributed by atoms with E-state index in [0.717, 1.165) is 0 Å². The van der Waals surface area contributed by atoms with E-state index in [2.05, 4.69) is 10.6 Å². The highest BCUT2D eigenvalue weighted by Crippen LogP contribution is 2.33. The molecule has 0 fully saturated rings. The number of amides is 2. The first-order chi connectivity index (χ1) is 12.8. The van der Waals surface area contributed by atoms with E-state index >= 15 is 0 Å². The van der Waals surface area contributed by atoms with Crippen LogP contribution in [0.15, 0.2) is 42.5 Å². The molecule has 7 heteroatoms. The molecule has 0 unspecified atom stereocenters. The molecule has 0 heterocycles. The summed E-state index contributed by atoms with van der Waals surface area (Å²) in [5.74, 6) is -0.141. The summed E-state index contributed by atoms with van der Waals surface area (Å²) in [6.07, 6.45) is 2.92. The van der Waals surface area contributed by atoms with Gasteiger partial charge >= 0.3 is 0 Å². The number of methoxy groups -OCH3 is 1. The maximum atomic E-state index is 12.2. The summed E-state index contributed by atoms with van der Waals surface area (Å²) in [6.45, 7) is 3.62. The van der Waals surface area contributed by atoms with Crippen LogP contribution in [0.2, 0.25) is 10.0 Å². The number of halogens is 2. The van der Waals surface area contributed by atoms with Crippen molar-refractivity contribution in [2.45, 2.75) is 13.8 Å². The number of carbonyl (C=O) groups is 2. The number of benzene rings is 2. The number of rotatable bonds is 6. The lowest BCUT2D eigenvalue weighted by atomic mass is 10.2. The topological polar surface area (TPSA) is 67.4 Å². The Kier molecular flexibility index (Phi) is 7.28. The van der Waals surface area contributed by atoms with Crippen molar-refractivity contribution in [2.75, 3.05) is 17.7 Å². The van der Waals surface area contributed by atoms with Crippen LogP contribution in [0.4, 0.5) is 11.4 Å². The largest absolute Gasteiger partial charge is 0.495 e. The SMILES string of the molecule is COc1c(Cl)cc(Cl)cc1/C=C\C(=O)Nc1cccc(NC(=O)C(C)C)c1. The Morgan fingerprint density at radius 2 is 1.74 bits per heavy atom. The third-order valence-electron chi connectivity index (χ3n) is 3.58. The number of hydrogen-bond donors (Lipinski definition) is 2. The molecular weight excluding hydrogens is 387 g/mol. The molecule has 0 aliphatic rings. The molecule has 5 nitrogen and oxygen atoms in total. The van der Waals surface area contributed by atoms with Gasteiger partial charge in [-0.05, 0) is 36.4 Å². The first-order valence-corrected chi connectivity index (χ1v) is 8.98. The number of nitrogens with one attached hydrogen (secondary N) is 2. The highest BCUT2D eigenvalue weighted by Gasteiger charge is 2.09. The molecule has 2 aromatic rings. The highest BCUT2D eigenvalue weighted by atomic mass is 35.5. The van der Waals surface area contributed by atoms with E-state index in [1.54, 1.807) is 42.5 Å². The Morgan fingerprint density at radius 3 is 2.37 bits per heavy atom. The average molecular weight is 407 g/mol. The van der Waals surface area contributed by atoms with Crippen molar-refractivity contribution in [2.24, 2.45) is 5.92 Å². The standard InChI is InChI=1S/C20H20Cl2N2O3/c1-12(2)20(26)24-16-6-4-5-15(11-16)23-18(25)8-7-13-9-14(21)10-17(22)19(13)27-3/h4-12H,1-3H3,(H,23,25)(H,24,26)/b8-7-. The first-order valence-electron chi connectivity index (χ1n) is 8.23. The van der Waals surface area contributed by atoms with Gasteiger partial charge in [0, 0.05) is 34.0 Å². The van der Waals surface area contributed by atoms with Gasteiger partial charge in [-0.1, -0.05) is 43.1 Å². The maximum Gasteiger partial charge on any atom is 0.248 e. The quantitative estimate of drug-likeness (QED) is 0.643.